The van der Waals surface area contributed by atoms with Gasteiger partial charge in [-0.2, -0.15) is 13.2 Å². The molecule has 1 aromatic carbocycles. The first kappa shape index (κ1) is 27.1. The van der Waals surface area contributed by atoms with E-state index in [0.29, 0.717) is 23.2 Å². The number of halogens is 4. The molecule has 2 aliphatic rings. The molecule has 11 heteroatoms. The van der Waals surface area contributed by atoms with Crippen molar-refractivity contribution in [1.82, 2.24) is 14.8 Å². The third-order valence-corrected chi connectivity index (χ3v) is 7.79. The summed E-state index contributed by atoms with van der Waals surface area (Å²) < 4.78 is 58.3. The SMILES string of the molecule is CCc1cc(-c2ccc(F)cc2)nc2cc(C(=O)N3CCN(C(=O)C4CC(O)(C(F)(F)F)C4)CC3(C)C)oc12. The molecule has 3 heterocycles. The van der Waals surface area contributed by atoms with Crippen molar-refractivity contribution in [2.24, 2.45) is 5.92 Å². The molecule has 1 aliphatic carbocycles. The van der Waals surface area contributed by atoms with Crippen molar-refractivity contribution in [3.8, 4) is 11.3 Å². The number of hydrogen-bond donors (Lipinski definition) is 1. The molecular formula is C28H29F4N3O4. The molecule has 208 valence electrons. The number of pyridine rings is 1. The van der Waals surface area contributed by atoms with E-state index < -0.39 is 42.0 Å². The van der Waals surface area contributed by atoms with E-state index in [4.69, 9.17) is 4.42 Å². The van der Waals surface area contributed by atoms with Gasteiger partial charge in [-0.15, -0.1) is 0 Å². The summed E-state index contributed by atoms with van der Waals surface area (Å²) in [5.74, 6) is -2.00. The zero-order valence-electron chi connectivity index (χ0n) is 21.8. The van der Waals surface area contributed by atoms with E-state index in [1.807, 2.05) is 13.0 Å². The highest BCUT2D eigenvalue weighted by atomic mass is 19.4. The van der Waals surface area contributed by atoms with E-state index in [-0.39, 0.29) is 37.1 Å². The molecule has 0 spiro atoms. The summed E-state index contributed by atoms with van der Waals surface area (Å²) >= 11 is 0. The fourth-order valence-electron chi connectivity index (χ4n) is 5.50. The number of carbonyl (C=O) groups is 2. The van der Waals surface area contributed by atoms with Crippen molar-refractivity contribution in [1.29, 1.82) is 0 Å². The molecule has 7 nitrogen and oxygen atoms in total. The predicted octanol–water partition coefficient (Wildman–Crippen LogP) is 4.96. The van der Waals surface area contributed by atoms with Crippen LogP contribution in [0.4, 0.5) is 17.6 Å². The van der Waals surface area contributed by atoms with Gasteiger partial charge < -0.3 is 19.3 Å². The molecule has 2 fully saturated rings. The smallest absolute Gasteiger partial charge is 0.417 e. The van der Waals surface area contributed by atoms with Crippen molar-refractivity contribution in [3.63, 3.8) is 0 Å². The van der Waals surface area contributed by atoms with E-state index in [0.717, 1.165) is 11.1 Å². The normalized spacial score (nSPS) is 23.1. The quantitative estimate of drug-likeness (QED) is 0.467. The Morgan fingerprint density at radius 3 is 2.38 bits per heavy atom. The van der Waals surface area contributed by atoms with Crippen LogP contribution in [0.15, 0.2) is 40.8 Å². The summed E-state index contributed by atoms with van der Waals surface area (Å²) in [4.78, 5) is 34.1. The molecule has 1 saturated heterocycles. The summed E-state index contributed by atoms with van der Waals surface area (Å²) in [6.45, 7) is 5.96. The van der Waals surface area contributed by atoms with Gasteiger partial charge in [0.05, 0.1) is 11.2 Å². The Hall–Kier alpha value is -3.47. The standard InChI is InChI=1S/C28H29F4N3O4/c1-4-16-11-20(17-5-7-19(29)8-6-17)33-21-12-22(39-23(16)21)25(37)35-10-9-34(15-26(35,2)3)24(36)18-13-27(38,14-18)28(30,31)32/h5-8,11-12,18,38H,4,9-10,13-15H2,1-3H3. The lowest BCUT2D eigenvalue weighted by Gasteiger charge is -2.50. The Labute approximate surface area is 222 Å². The van der Waals surface area contributed by atoms with E-state index in [2.05, 4.69) is 4.98 Å². The topological polar surface area (TPSA) is 86.9 Å². The summed E-state index contributed by atoms with van der Waals surface area (Å²) in [5, 5.41) is 9.72. The van der Waals surface area contributed by atoms with E-state index in [1.165, 1.54) is 17.0 Å². The first-order valence-corrected chi connectivity index (χ1v) is 12.8. The van der Waals surface area contributed by atoms with Crippen LogP contribution in [0.25, 0.3) is 22.4 Å². The minimum atomic E-state index is -4.77. The van der Waals surface area contributed by atoms with Crippen LogP contribution in [0.2, 0.25) is 0 Å². The number of furan rings is 1. The summed E-state index contributed by atoms with van der Waals surface area (Å²) in [5.41, 5.74) is -0.471. The molecule has 39 heavy (non-hydrogen) atoms. The number of amides is 2. The molecule has 1 saturated carbocycles. The highest BCUT2D eigenvalue weighted by molar-refractivity contribution is 5.97. The number of aromatic nitrogens is 1. The van der Waals surface area contributed by atoms with Gasteiger partial charge >= 0.3 is 6.18 Å². The maximum atomic E-state index is 13.6. The van der Waals surface area contributed by atoms with E-state index in [9.17, 15) is 32.3 Å². The number of carbonyl (C=O) groups excluding carboxylic acids is 2. The molecule has 0 bridgehead atoms. The largest absolute Gasteiger partial charge is 0.449 e. The second kappa shape index (κ2) is 9.32. The number of piperazine rings is 1. The van der Waals surface area contributed by atoms with Crippen molar-refractivity contribution >= 4 is 22.9 Å². The van der Waals surface area contributed by atoms with Gasteiger partial charge in [0.1, 0.15) is 11.3 Å². The van der Waals surface area contributed by atoms with Gasteiger partial charge in [0.2, 0.25) is 5.91 Å². The monoisotopic (exact) mass is 547 g/mol. The molecule has 1 N–H and O–H groups in total. The summed E-state index contributed by atoms with van der Waals surface area (Å²) in [6, 6.07) is 9.39. The second-order valence-electron chi connectivity index (χ2n) is 11.0. The lowest BCUT2D eigenvalue weighted by atomic mass is 9.69. The van der Waals surface area contributed by atoms with E-state index in [1.54, 1.807) is 36.9 Å². The van der Waals surface area contributed by atoms with Crippen LogP contribution in [0.5, 0.6) is 0 Å². The molecular weight excluding hydrogens is 518 g/mol. The minimum Gasteiger partial charge on any atom is -0.449 e. The average Bonchev–Trinajstić information content (AvgIpc) is 3.29. The number of fused-ring (bicyclic) bond motifs is 1. The van der Waals surface area contributed by atoms with Crippen LogP contribution in [0.1, 0.15) is 49.7 Å². The fraction of sp³-hybridized carbons (Fsp3) is 0.464. The van der Waals surface area contributed by atoms with Gasteiger partial charge in [0, 0.05) is 37.2 Å². The van der Waals surface area contributed by atoms with Crippen molar-refractivity contribution < 1.29 is 36.7 Å². The highest BCUT2D eigenvalue weighted by Gasteiger charge is 2.63. The predicted molar refractivity (Wildman–Crippen MR) is 134 cm³/mol. The zero-order chi connectivity index (χ0) is 28.3. The molecule has 1 aliphatic heterocycles. The Balaban J connectivity index is 1.33. The van der Waals surface area contributed by atoms with Crippen LogP contribution in [-0.2, 0) is 11.2 Å². The van der Waals surface area contributed by atoms with Crippen molar-refractivity contribution in [2.75, 3.05) is 19.6 Å². The van der Waals surface area contributed by atoms with Crippen molar-refractivity contribution in [2.45, 2.75) is 57.3 Å². The molecule has 0 radical (unpaired) electrons. The zero-order valence-corrected chi connectivity index (χ0v) is 21.8. The lowest BCUT2D eigenvalue weighted by Crippen LogP contribution is -2.65. The summed E-state index contributed by atoms with van der Waals surface area (Å²) in [6.07, 6.45) is -5.46. The third kappa shape index (κ3) is 4.77. The van der Waals surface area contributed by atoms with Crippen LogP contribution in [-0.4, -0.2) is 68.7 Å². The van der Waals surface area contributed by atoms with Crippen LogP contribution in [0.3, 0.4) is 0 Å². The average molecular weight is 548 g/mol. The maximum absolute atomic E-state index is 13.6. The maximum Gasteiger partial charge on any atom is 0.417 e. The third-order valence-electron chi connectivity index (χ3n) is 7.79. The molecule has 5 rings (SSSR count). The fourth-order valence-corrected chi connectivity index (χ4v) is 5.50. The van der Waals surface area contributed by atoms with Gasteiger partial charge in [-0.25, -0.2) is 9.37 Å². The number of nitrogens with zero attached hydrogens (tertiary/aromatic N) is 3. The van der Waals surface area contributed by atoms with Crippen LogP contribution >= 0.6 is 0 Å². The number of rotatable bonds is 4. The molecule has 0 unspecified atom stereocenters. The lowest BCUT2D eigenvalue weighted by molar-refractivity contribution is -0.297. The number of aliphatic hydroxyl groups is 1. The van der Waals surface area contributed by atoms with Crippen molar-refractivity contribution in [3.05, 3.63) is 53.5 Å². The Morgan fingerprint density at radius 2 is 1.79 bits per heavy atom. The number of benzene rings is 1. The number of aryl methyl sites for hydroxylation is 1. The summed E-state index contributed by atoms with van der Waals surface area (Å²) in [7, 11) is 0. The Bertz CT molecular complexity index is 1430. The molecule has 2 amide bonds. The number of alkyl halides is 3. The minimum absolute atomic E-state index is 0.0885. The second-order valence-corrected chi connectivity index (χ2v) is 11.0. The van der Waals surface area contributed by atoms with Crippen LogP contribution in [0, 0.1) is 11.7 Å². The van der Waals surface area contributed by atoms with Gasteiger partial charge in [0.25, 0.3) is 5.91 Å². The molecule has 3 aromatic rings. The molecule has 2 aromatic heterocycles. The Morgan fingerprint density at radius 1 is 1.13 bits per heavy atom. The number of hydrogen-bond acceptors (Lipinski definition) is 5. The van der Waals surface area contributed by atoms with Gasteiger partial charge in [-0.3, -0.25) is 9.59 Å². The highest BCUT2D eigenvalue weighted by Crippen LogP contribution is 2.49. The van der Waals surface area contributed by atoms with Gasteiger partial charge in [-0.05, 0) is 69.0 Å². The van der Waals surface area contributed by atoms with Crippen LogP contribution < -0.4 is 0 Å². The van der Waals surface area contributed by atoms with E-state index >= 15 is 0 Å². The van der Waals surface area contributed by atoms with Gasteiger partial charge in [0.15, 0.2) is 16.9 Å². The first-order chi connectivity index (χ1) is 18.2. The first-order valence-electron chi connectivity index (χ1n) is 12.8. The molecule has 0 atom stereocenters. The Kier molecular flexibility index (Phi) is 6.48. The van der Waals surface area contributed by atoms with Gasteiger partial charge in [-0.1, -0.05) is 6.92 Å².